The average molecular weight is 524 g/mol. The van der Waals surface area contributed by atoms with Gasteiger partial charge in [-0.05, 0) is 48.6 Å². The van der Waals surface area contributed by atoms with Crippen molar-refractivity contribution in [3.05, 3.63) is 99.1 Å². The lowest BCUT2D eigenvalue weighted by atomic mass is 10.1. The number of piperazine rings is 1. The topological polar surface area (TPSA) is 108 Å². The van der Waals surface area contributed by atoms with Crippen LogP contribution in [-0.4, -0.2) is 52.9 Å². The maximum atomic E-state index is 12.7. The third-order valence-corrected chi connectivity index (χ3v) is 6.21. The van der Waals surface area contributed by atoms with Crippen molar-refractivity contribution in [3.8, 4) is 0 Å². The Bertz CT molecular complexity index is 1310. The Morgan fingerprint density at radius 3 is 2.28 bits per heavy atom. The zero-order valence-electron chi connectivity index (χ0n) is 19.0. The lowest BCUT2D eigenvalue weighted by Crippen LogP contribution is -2.48. The van der Waals surface area contributed by atoms with Crippen molar-refractivity contribution in [2.24, 2.45) is 0 Å². The Labute approximate surface area is 217 Å². The first-order valence-corrected chi connectivity index (χ1v) is 11.9. The first kappa shape index (κ1) is 25.1. The Morgan fingerprint density at radius 1 is 0.944 bits per heavy atom. The summed E-state index contributed by atoms with van der Waals surface area (Å²) in [5.74, 6) is -0.678. The number of benzene rings is 3. The molecule has 1 aliphatic rings. The van der Waals surface area contributed by atoms with Crippen molar-refractivity contribution >= 4 is 57.8 Å². The number of nitro groups is 1. The van der Waals surface area contributed by atoms with E-state index >= 15 is 0 Å². The van der Waals surface area contributed by atoms with Crippen LogP contribution >= 0.6 is 23.8 Å². The third-order valence-electron chi connectivity index (χ3n) is 5.71. The van der Waals surface area contributed by atoms with Gasteiger partial charge in [-0.2, -0.15) is 0 Å². The molecule has 1 fully saturated rings. The summed E-state index contributed by atoms with van der Waals surface area (Å²) in [6.07, 6.45) is 0. The zero-order chi connectivity index (χ0) is 25.7. The number of halogens is 1. The molecule has 0 spiro atoms. The van der Waals surface area contributed by atoms with E-state index in [0.29, 0.717) is 42.5 Å². The van der Waals surface area contributed by atoms with E-state index in [9.17, 15) is 19.7 Å². The minimum Gasteiger partial charge on any atom is -0.367 e. The summed E-state index contributed by atoms with van der Waals surface area (Å²) in [4.78, 5) is 39.6. The van der Waals surface area contributed by atoms with Gasteiger partial charge in [-0.3, -0.25) is 25.0 Å². The second-order valence-electron chi connectivity index (χ2n) is 7.99. The van der Waals surface area contributed by atoms with E-state index in [0.717, 1.165) is 5.69 Å². The summed E-state index contributed by atoms with van der Waals surface area (Å²) in [7, 11) is 0. The van der Waals surface area contributed by atoms with E-state index in [4.69, 9.17) is 23.8 Å². The molecule has 4 rings (SSSR count). The number of nitro benzene ring substituents is 1. The number of thiocarbonyl (C=S) groups is 1. The number of carbonyl (C=O) groups is 2. The molecule has 2 amide bonds. The number of para-hydroxylation sites is 1. The van der Waals surface area contributed by atoms with Gasteiger partial charge in [0, 0.05) is 43.5 Å². The van der Waals surface area contributed by atoms with Gasteiger partial charge >= 0.3 is 0 Å². The number of hydrogen-bond donors (Lipinski definition) is 2. The van der Waals surface area contributed by atoms with Crippen LogP contribution < -0.4 is 15.5 Å². The summed E-state index contributed by atoms with van der Waals surface area (Å²) in [6.45, 7) is 2.42. The molecular weight excluding hydrogens is 502 g/mol. The number of rotatable bonds is 5. The molecule has 2 N–H and O–H groups in total. The first-order valence-electron chi connectivity index (χ1n) is 11.1. The highest BCUT2D eigenvalue weighted by Crippen LogP contribution is 2.30. The molecule has 0 unspecified atom stereocenters. The normalized spacial score (nSPS) is 13.1. The van der Waals surface area contributed by atoms with Gasteiger partial charge in [0.1, 0.15) is 5.56 Å². The van der Waals surface area contributed by atoms with Crippen LogP contribution in [0, 0.1) is 10.1 Å². The number of nitrogens with one attached hydrogen (secondary N) is 2. The summed E-state index contributed by atoms with van der Waals surface area (Å²) in [6, 6.07) is 20.1. The Balaban J connectivity index is 1.34. The molecule has 11 heteroatoms. The SMILES string of the molecule is O=C(NC(=S)Nc1ccc(N2CCN(C(=O)c3ccccc3)CC2)c(Cl)c1)c1ccccc1[N+](=O)[O-]. The summed E-state index contributed by atoms with van der Waals surface area (Å²) >= 11 is 11.7. The second kappa shape index (κ2) is 11.1. The van der Waals surface area contributed by atoms with Crippen molar-refractivity contribution in [2.45, 2.75) is 0 Å². The standard InChI is InChI=1S/C25H22ClN5O4S/c26-20-16-18(27-25(36)28-23(32)19-8-4-5-9-21(19)31(34)35)10-11-22(20)29-12-14-30(15-13-29)24(33)17-6-2-1-3-7-17/h1-11,16H,12-15H2,(H2,27,28,32,36). The van der Waals surface area contributed by atoms with Gasteiger partial charge in [-0.25, -0.2) is 0 Å². The van der Waals surface area contributed by atoms with Gasteiger partial charge in [0.15, 0.2) is 5.11 Å². The fourth-order valence-electron chi connectivity index (χ4n) is 3.91. The Hall–Kier alpha value is -4.02. The molecule has 9 nitrogen and oxygen atoms in total. The number of hydrogen-bond acceptors (Lipinski definition) is 6. The van der Waals surface area contributed by atoms with Crippen LogP contribution in [0.25, 0.3) is 0 Å². The smallest absolute Gasteiger partial charge is 0.282 e. The van der Waals surface area contributed by atoms with E-state index in [1.165, 1.54) is 24.3 Å². The predicted octanol–water partition coefficient (Wildman–Crippen LogP) is 4.34. The van der Waals surface area contributed by atoms with E-state index in [1.807, 2.05) is 41.3 Å². The predicted molar refractivity (Wildman–Crippen MR) is 143 cm³/mol. The van der Waals surface area contributed by atoms with Crippen LogP contribution in [0.15, 0.2) is 72.8 Å². The summed E-state index contributed by atoms with van der Waals surface area (Å²) in [5, 5.41) is 17.0. The van der Waals surface area contributed by atoms with Crippen LogP contribution in [0.4, 0.5) is 17.1 Å². The molecule has 0 saturated carbocycles. The number of anilines is 2. The minimum absolute atomic E-state index is 0.0114. The van der Waals surface area contributed by atoms with Gasteiger partial charge in [-0.15, -0.1) is 0 Å². The van der Waals surface area contributed by atoms with E-state index in [1.54, 1.807) is 12.1 Å². The molecular formula is C25H22ClN5O4S. The highest BCUT2D eigenvalue weighted by Gasteiger charge is 2.24. The Morgan fingerprint density at radius 2 is 1.61 bits per heavy atom. The molecule has 3 aromatic rings. The fourth-order valence-corrected chi connectivity index (χ4v) is 4.42. The Kier molecular flexibility index (Phi) is 7.77. The molecule has 0 atom stereocenters. The van der Waals surface area contributed by atoms with Gasteiger partial charge < -0.3 is 15.1 Å². The van der Waals surface area contributed by atoms with Crippen molar-refractivity contribution in [1.29, 1.82) is 0 Å². The fraction of sp³-hybridized carbons (Fsp3) is 0.160. The first-order chi connectivity index (χ1) is 17.3. The van der Waals surface area contributed by atoms with E-state index in [-0.39, 0.29) is 22.3 Å². The second-order valence-corrected chi connectivity index (χ2v) is 8.81. The lowest BCUT2D eigenvalue weighted by Gasteiger charge is -2.36. The highest BCUT2D eigenvalue weighted by molar-refractivity contribution is 7.80. The number of nitrogens with zero attached hydrogens (tertiary/aromatic N) is 3. The maximum absolute atomic E-state index is 12.7. The molecule has 1 aliphatic heterocycles. The maximum Gasteiger partial charge on any atom is 0.282 e. The summed E-state index contributed by atoms with van der Waals surface area (Å²) < 4.78 is 0. The largest absolute Gasteiger partial charge is 0.367 e. The molecule has 1 heterocycles. The molecule has 184 valence electrons. The van der Waals surface area contributed by atoms with Crippen LogP contribution in [0.1, 0.15) is 20.7 Å². The molecule has 36 heavy (non-hydrogen) atoms. The average Bonchev–Trinajstić information content (AvgIpc) is 2.89. The van der Waals surface area contributed by atoms with Crippen LogP contribution in [0.5, 0.6) is 0 Å². The van der Waals surface area contributed by atoms with Crippen LogP contribution in [0.2, 0.25) is 5.02 Å². The van der Waals surface area contributed by atoms with E-state index < -0.39 is 10.8 Å². The van der Waals surface area contributed by atoms with Crippen LogP contribution in [-0.2, 0) is 0 Å². The minimum atomic E-state index is -0.689. The molecule has 0 radical (unpaired) electrons. The monoisotopic (exact) mass is 523 g/mol. The van der Waals surface area contributed by atoms with Gasteiger partial charge in [0.2, 0.25) is 0 Å². The summed E-state index contributed by atoms with van der Waals surface area (Å²) in [5.41, 5.74) is 1.64. The molecule has 0 aliphatic carbocycles. The zero-order valence-corrected chi connectivity index (χ0v) is 20.6. The number of carbonyl (C=O) groups excluding carboxylic acids is 2. The van der Waals surface area contributed by atoms with E-state index in [2.05, 4.69) is 15.5 Å². The molecule has 0 aromatic heterocycles. The quantitative estimate of drug-likeness (QED) is 0.291. The van der Waals surface area contributed by atoms with Crippen molar-refractivity contribution in [1.82, 2.24) is 10.2 Å². The molecule has 3 aromatic carbocycles. The highest BCUT2D eigenvalue weighted by atomic mass is 35.5. The van der Waals surface area contributed by atoms with Crippen molar-refractivity contribution < 1.29 is 14.5 Å². The van der Waals surface area contributed by atoms with Gasteiger partial charge in [0.25, 0.3) is 17.5 Å². The van der Waals surface area contributed by atoms with Crippen LogP contribution in [0.3, 0.4) is 0 Å². The van der Waals surface area contributed by atoms with Crippen molar-refractivity contribution in [3.63, 3.8) is 0 Å². The number of amides is 2. The van der Waals surface area contributed by atoms with Gasteiger partial charge in [0.05, 0.1) is 15.6 Å². The lowest BCUT2D eigenvalue weighted by molar-refractivity contribution is -0.385. The van der Waals surface area contributed by atoms with Gasteiger partial charge in [-0.1, -0.05) is 41.9 Å². The molecule has 1 saturated heterocycles. The molecule has 0 bridgehead atoms. The van der Waals surface area contributed by atoms with Crippen molar-refractivity contribution in [2.75, 3.05) is 36.4 Å². The third kappa shape index (κ3) is 5.78.